The van der Waals surface area contributed by atoms with Crippen molar-refractivity contribution in [3.63, 3.8) is 0 Å². The van der Waals surface area contributed by atoms with Crippen LogP contribution in [0.1, 0.15) is 0 Å². The zero-order valence-corrected chi connectivity index (χ0v) is 7.38. The predicted molar refractivity (Wildman–Crippen MR) is 47.3 cm³/mol. The van der Waals surface area contributed by atoms with E-state index in [1.54, 1.807) is 0 Å². The zero-order valence-electron chi connectivity index (χ0n) is 7.38. The van der Waals surface area contributed by atoms with E-state index in [1.807, 2.05) is 0 Å². The van der Waals surface area contributed by atoms with Gasteiger partial charge in [0.2, 0.25) is 0 Å². The van der Waals surface area contributed by atoms with E-state index in [0.29, 0.717) is 0 Å². The van der Waals surface area contributed by atoms with E-state index in [-0.39, 0.29) is 17.2 Å². The van der Waals surface area contributed by atoms with Crippen LogP contribution in [0.2, 0.25) is 0 Å². The first-order valence-corrected chi connectivity index (χ1v) is 3.99. The average Bonchev–Trinajstić information content (AvgIpc) is 2.59. The van der Waals surface area contributed by atoms with Gasteiger partial charge in [0, 0.05) is 6.07 Å². The maximum absolute atomic E-state index is 10.7. The Morgan fingerprint density at radius 1 is 1.40 bits per heavy atom. The minimum absolute atomic E-state index is 0.137. The van der Waals surface area contributed by atoms with Gasteiger partial charge in [-0.1, -0.05) is 0 Å². The van der Waals surface area contributed by atoms with Crippen LogP contribution >= 0.6 is 0 Å². The lowest BCUT2D eigenvalue weighted by Gasteiger charge is -2.03. The monoisotopic (exact) mass is 210 g/mol. The number of benzene rings is 1. The molecule has 78 valence electrons. The molecule has 0 spiro atoms. The van der Waals surface area contributed by atoms with Gasteiger partial charge in [-0.3, -0.25) is 14.9 Å². The van der Waals surface area contributed by atoms with E-state index in [9.17, 15) is 14.9 Å². The third-order valence-electron chi connectivity index (χ3n) is 1.84. The van der Waals surface area contributed by atoms with Crippen LogP contribution in [0.15, 0.2) is 18.2 Å². The van der Waals surface area contributed by atoms with Crippen LogP contribution < -0.4 is 15.2 Å². The summed E-state index contributed by atoms with van der Waals surface area (Å²) in [6, 6.07) is 3.79. The molecule has 0 aromatic heterocycles. The highest BCUT2D eigenvalue weighted by Crippen LogP contribution is 2.37. The Morgan fingerprint density at radius 2 is 2.07 bits per heavy atom. The van der Waals surface area contributed by atoms with E-state index < -0.39 is 17.1 Å². The van der Waals surface area contributed by atoms with E-state index in [4.69, 9.17) is 15.2 Å². The van der Waals surface area contributed by atoms with Gasteiger partial charge in [-0.05, 0) is 6.07 Å². The number of hydrogen-bond acceptors (Lipinski definition) is 5. The molecule has 0 fully saturated rings. The molecule has 1 aliphatic heterocycles. The number of nitrogens with zero attached hydrogens (tertiary/aromatic N) is 1. The fourth-order valence-electron chi connectivity index (χ4n) is 1.17. The van der Waals surface area contributed by atoms with E-state index in [1.165, 1.54) is 18.2 Å². The summed E-state index contributed by atoms with van der Waals surface area (Å²) in [6.45, 7) is 0. The molecule has 7 heteroatoms. The third kappa shape index (κ3) is 1.54. The molecule has 1 aromatic carbocycles. The van der Waals surface area contributed by atoms with Crippen LogP contribution in [0.4, 0.5) is 5.69 Å². The molecule has 0 aliphatic carbocycles. The Kier molecular flexibility index (Phi) is 1.93. The van der Waals surface area contributed by atoms with Crippen molar-refractivity contribution >= 4 is 11.6 Å². The number of nitro groups is 1. The molecule has 1 amide bonds. The van der Waals surface area contributed by atoms with Crippen LogP contribution in [-0.2, 0) is 4.79 Å². The zero-order chi connectivity index (χ0) is 11.0. The van der Waals surface area contributed by atoms with Gasteiger partial charge in [-0.15, -0.1) is 0 Å². The summed E-state index contributed by atoms with van der Waals surface area (Å²) in [4.78, 5) is 20.6. The number of carbonyl (C=O) groups is 1. The van der Waals surface area contributed by atoms with Crippen molar-refractivity contribution in [2.75, 3.05) is 0 Å². The number of hydrogen-bond donors (Lipinski definition) is 1. The molecule has 0 saturated heterocycles. The second-order valence-corrected chi connectivity index (χ2v) is 2.86. The number of rotatable bonds is 2. The Bertz CT molecular complexity index is 445. The van der Waals surface area contributed by atoms with Crippen molar-refractivity contribution < 1.29 is 19.2 Å². The quantitative estimate of drug-likeness (QED) is 0.553. The minimum atomic E-state index is -1.21. The van der Waals surface area contributed by atoms with Gasteiger partial charge >= 0.3 is 6.29 Å². The molecule has 2 N–H and O–H groups in total. The highest BCUT2D eigenvalue weighted by molar-refractivity contribution is 5.79. The fraction of sp³-hybridized carbons (Fsp3) is 0.125. The van der Waals surface area contributed by atoms with Gasteiger partial charge in [0.15, 0.2) is 11.5 Å². The molecular formula is C8H6N2O5. The molecule has 0 radical (unpaired) electrons. The third-order valence-corrected chi connectivity index (χ3v) is 1.84. The number of nitro benzene ring substituents is 1. The highest BCUT2D eigenvalue weighted by atomic mass is 16.7. The first-order chi connectivity index (χ1) is 7.08. The number of amides is 1. The van der Waals surface area contributed by atoms with Crippen LogP contribution in [0.25, 0.3) is 0 Å². The molecule has 15 heavy (non-hydrogen) atoms. The highest BCUT2D eigenvalue weighted by Gasteiger charge is 2.30. The minimum Gasteiger partial charge on any atom is -0.442 e. The standard InChI is InChI=1S/C8H6N2O5/c9-7(11)8-14-5-2-1-4(10(12)13)3-6(5)15-8/h1-3,8H,(H2,9,11). The smallest absolute Gasteiger partial charge is 0.321 e. The van der Waals surface area contributed by atoms with Crippen LogP contribution in [0.5, 0.6) is 11.5 Å². The van der Waals surface area contributed by atoms with E-state index in [0.717, 1.165) is 0 Å². The topological polar surface area (TPSA) is 105 Å². The van der Waals surface area contributed by atoms with E-state index >= 15 is 0 Å². The Hall–Kier alpha value is -2.31. The Morgan fingerprint density at radius 3 is 2.67 bits per heavy atom. The molecule has 0 saturated carbocycles. The van der Waals surface area contributed by atoms with Crippen molar-refractivity contribution in [2.24, 2.45) is 5.73 Å². The summed E-state index contributed by atoms with van der Waals surface area (Å²) in [5.41, 5.74) is 4.82. The van der Waals surface area contributed by atoms with E-state index in [2.05, 4.69) is 0 Å². The van der Waals surface area contributed by atoms with Crippen LogP contribution in [0, 0.1) is 10.1 Å². The number of primary amides is 1. The number of nitrogens with two attached hydrogens (primary N) is 1. The van der Waals surface area contributed by atoms with Gasteiger partial charge < -0.3 is 15.2 Å². The molecule has 2 rings (SSSR count). The largest absolute Gasteiger partial charge is 0.442 e. The first kappa shape index (κ1) is 9.25. The number of carbonyl (C=O) groups excluding carboxylic acids is 1. The Labute approximate surface area is 83.5 Å². The molecule has 1 aliphatic rings. The number of non-ortho nitro benzene ring substituents is 1. The summed E-state index contributed by atoms with van der Waals surface area (Å²) in [6.07, 6.45) is -1.21. The lowest BCUT2D eigenvalue weighted by atomic mass is 10.3. The van der Waals surface area contributed by atoms with Gasteiger partial charge in [-0.2, -0.15) is 0 Å². The van der Waals surface area contributed by atoms with Gasteiger partial charge in [0.1, 0.15) is 0 Å². The SMILES string of the molecule is NC(=O)C1Oc2ccc([N+](=O)[O-])cc2O1. The molecule has 1 heterocycles. The summed E-state index contributed by atoms with van der Waals surface area (Å²) >= 11 is 0. The normalized spacial score (nSPS) is 17.5. The van der Waals surface area contributed by atoms with Crippen molar-refractivity contribution in [1.82, 2.24) is 0 Å². The molecular weight excluding hydrogens is 204 g/mol. The fourth-order valence-corrected chi connectivity index (χ4v) is 1.17. The molecule has 1 aromatic rings. The summed E-state index contributed by atoms with van der Waals surface area (Å²) in [5, 5.41) is 10.4. The molecule has 1 unspecified atom stereocenters. The maximum Gasteiger partial charge on any atom is 0.321 e. The average molecular weight is 210 g/mol. The van der Waals surface area contributed by atoms with Gasteiger partial charge in [0.05, 0.1) is 11.0 Å². The Balaban J connectivity index is 2.31. The van der Waals surface area contributed by atoms with Crippen molar-refractivity contribution in [1.29, 1.82) is 0 Å². The summed E-state index contributed by atoms with van der Waals surface area (Å²) in [7, 11) is 0. The molecule has 0 bridgehead atoms. The lowest BCUT2D eigenvalue weighted by Crippen LogP contribution is -2.35. The van der Waals surface area contributed by atoms with Gasteiger partial charge in [-0.25, -0.2) is 0 Å². The molecule has 1 atom stereocenters. The second kappa shape index (κ2) is 3.12. The van der Waals surface area contributed by atoms with Crippen molar-refractivity contribution in [3.05, 3.63) is 28.3 Å². The number of ether oxygens (including phenoxy) is 2. The van der Waals surface area contributed by atoms with Crippen molar-refractivity contribution in [3.8, 4) is 11.5 Å². The van der Waals surface area contributed by atoms with Crippen LogP contribution in [-0.4, -0.2) is 17.1 Å². The van der Waals surface area contributed by atoms with Crippen molar-refractivity contribution in [2.45, 2.75) is 6.29 Å². The van der Waals surface area contributed by atoms with Crippen LogP contribution in [0.3, 0.4) is 0 Å². The molecule has 7 nitrogen and oxygen atoms in total. The maximum atomic E-state index is 10.7. The predicted octanol–water partition coefficient (Wildman–Crippen LogP) is 0.177. The lowest BCUT2D eigenvalue weighted by molar-refractivity contribution is -0.384. The summed E-state index contributed by atoms with van der Waals surface area (Å²) < 4.78 is 9.94. The second-order valence-electron chi connectivity index (χ2n) is 2.86. The first-order valence-electron chi connectivity index (χ1n) is 3.99. The summed E-state index contributed by atoms with van der Waals surface area (Å²) in [5.74, 6) is -0.369. The van der Waals surface area contributed by atoms with Gasteiger partial charge in [0.25, 0.3) is 11.6 Å². The number of fused-ring (bicyclic) bond motifs is 1.